The third-order valence-corrected chi connectivity index (χ3v) is 3.77. The second kappa shape index (κ2) is 6.75. The molecule has 110 valence electrons. The molecule has 0 radical (unpaired) electrons. The standard InChI is InChI=1S/C16H24N2O2/c1-3-15(20-14-6-4-5-12(2)11-14)16(19)18-9-7-13(17)8-10-18/h4-6,11,13,15H,3,7-10,17H2,1-2H3. The van der Waals surface area contributed by atoms with Gasteiger partial charge in [-0.3, -0.25) is 4.79 Å². The molecule has 1 aliphatic heterocycles. The molecule has 1 heterocycles. The van der Waals surface area contributed by atoms with Crippen LogP contribution in [0.3, 0.4) is 0 Å². The van der Waals surface area contributed by atoms with Crippen LogP contribution in [-0.2, 0) is 4.79 Å². The van der Waals surface area contributed by atoms with Crippen molar-refractivity contribution in [1.82, 2.24) is 4.90 Å². The second-order valence-corrected chi connectivity index (χ2v) is 5.49. The first-order chi connectivity index (χ1) is 9.60. The molecule has 2 rings (SSSR count). The molecule has 1 atom stereocenters. The van der Waals surface area contributed by atoms with Crippen molar-refractivity contribution in [2.45, 2.75) is 45.3 Å². The molecular weight excluding hydrogens is 252 g/mol. The van der Waals surface area contributed by atoms with Gasteiger partial charge in [0.2, 0.25) is 0 Å². The van der Waals surface area contributed by atoms with Crippen molar-refractivity contribution in [3.05, 3.63) is 29.8 Å². The summed E-state index contributed by atoms with van der Waals surface area (Å²) < 4.78 is 5.86. The van der Waals surface area contributed by atoms with E-state index < -0.39 is 6.10 Å². The lowest BCUT2D eigenvalue weighted by Crippen LogP contribution is -2.48. The van der Waals surface area contributed by atoms with Gasteiger partial charge in [-0.1, -0.05) is 19.1 Å². The van der Waals surface area contributed by atoms with Crippen LogP contribution in [0.25, 0.3) is 0 Å². The number of nitrogens with two attached hydrogens (primary N) is 1. The third-order valence-electron chi connectivity index (χ3n) is 3.77. The predicted octanol–water partition coefficient (Wildman–Crippen LogP) is 2.10. The molecule has 1 aliphatic rings. The zero-order valence-electron chi connectivity index (χ0n) is 12.3. The van der Waals surface area contributed by atoms with Gasteiger partial charge in [-0.15, -0.1) is 0 Å². The maximum atomic E-state index is 12.5. The van der Waals surface area contributed by atoms with E-state index in [0.29, 0.717) is 6.42 Å². The Morgan fingerprint density at radius 2 is 2.15 bits per heavy atom. The monoisotopic (exact) mass is 276 g/mol. The number of aryl methyl sites for hydroxylation is 1. The van der Waals surface area contributed by atoms with Crippen molar-refractivity contribution in [3.8, 4) is 5.75 Å². The Hall–Kier alpha value is -1.55. The first-order valence-corrected chi connectivity index (χ1v) is 7.38. The summed E-state index contributed by atoms with van der Waals surface area (Å²) in [6, 6.07) is 8.05. The molecule has 20 heavy (non-hydrogen) atoms. The number of likely N-dealkylation sites (tertiary alicyclic amines) is 1. The first-order valence-electron chi connectivity index (χ1n) is 7.38. The number of benzene rings is 1. The van der Waals surface area contributed by atoms with Crippen LogP contribution in [0.15, 0.2) is 24.3 Å². The lowest BCUT2D eigenvalue weighted by molar-refractivity contribution is -0.139. The zero-order valence-corrected chi connectivity index (χ0v) is 12.3. The number of piperidine rings is 1. The van der Waals surface area contributed by atoms with Crippen LogP contribution < -0.4 is 10.5 Å². The lowest BCUT2D eigenvalue weighted by Gasteiger charge is -2.32. The number of hydrogen-bond donors (Lipinski definition) is 1. The summed E-state index contributed by atoms with van der Waals surface area (Å²) >= 11 is 0. The smallest absolute Gasteiger partial charge is 0.263 e. The summed E-state index contributed by atoms with van der Waals surface area (Å²) in [5, 5.41) is 0. The van der Waals surface area contributed by atoms with Gasteiger partial charge in [0, 0.05) is 19.1 Å². The highest BCUT2D eigenvalue weighted by atomic mass is 16.5. The fraction of sp³-hybridized carbons (Fsp3) is 0.562. The Labute approximate surface area is 120 Å². The molecular formula is C16H24N2O2. The van der Waals surface area contributed by atoms with Crippen LogP contribution in [-0.4, -0.2) is 36.0 Å². The van der Waals surface area contributed by atoms with Crippen LogP contribution in [0.4, 0.5) is 0 Å². The molecule has 1 saturated heterocycles. The SMILES string of the molecule is CCC(Oc1cccc(C)c1)C(=O)N1CCC(N)CC1. The van der Waals surface area contributed by atoms with E-state index in [-0.39, 0.29) is 11.9 Å². The lowest BCUT2D eigenvalue weighted by atomic mass is 10.1. The van der Waals surface area contributed by atoms with Crippen LogP contribution in [0.5, 0.6) is 5.75 Å². The van der Waals surface area contributed by atoms with E-state index in [1.807, 2.05) is 43.0 Å². The van der Waals surface area contributed by atoms with Crippen LogP contribution in [0.1, 0.15) is 31.7 Å². The van der Waals surface area contributed by atoms with Gasteiger partial charge in [0.25, 0.3) is 5.91 Å². The van der Waals surface area contributed by atoms with Crippen LogP contribution in [0.2, 0.25) is 0 Å². The van der Waals surface area contributed by atoms with E-state index in [1.54, 1.807) is 0 Å². The van der Waals surface area contributed by atoms with Crippen molar-refractivity contribution in [2.24, 2.45) is 5.73 Å². The van der Waals surface area contributed by atoms with Gasteiger partial charge in [0.15, 0.2) is 6.10 Å². The molecule has 4 heteroatoms. The zero-order chi connectivity index (χ0) is 14.5. The average Bonchev–Trinajstić information content (AvgIpc) is 2.45. The number of amides is 1. The van der Waals surface area contributed by atoms with Crippen LogP contribution >= 0.6 is 0 Å². The summed E-state index contributed by atoms with van der Waals surface area (Å²) in [6.07, 6.45) is 2.04. The number of hydrogen-bond acceptors (Lipinski definition) is 3. The highest BCUT2D eigenvalue weighted by molar-refractivity contribution is 5.81. The number of rotatable bonds is 4. The second-order valence-electron chi connectivity index (χ2n) is 5.49. The first kappa shape index (κ1) is 14.9. The van der Waals surface area contributed by atoms with Gasteiger partial charge in [-0.05, 0) is 43.9 Å². The predicted molar refractivity (Wildman–Crippen MR) is 79.7 cm³/mol. The van der Waals surface area contributed by atoms with Gasteiger partial charge < -0.3 is 15.4 Å². The number of carbonyl (C=O) groups excluding carboxylic acids is 1. The minimum atomic E-state index is -0.397. The largest absolute Gasteiger partial charge is 0.481 e. The van der Waals surface area contributed by atoms with Gasteiger partial charge in [0.1, 0.15) is 5.75 Å². The maximum Gasteiger partial charge on any atom is 0.263 e. The van der Waals surface area contributed by atoms with E-state index in [2.05, 4.69) is 0 Å². The Kier molecular flexibility index (Phi) is 5.01. The van der Waals surface area contributed by atoms with Crippen molar-refractivity contribution < 1.29 is 9.53 Å². The summed E-state index contributed by atoms with van der Waals surface area (Å²) in [7, 11) is 0. The van der Waals surface area contributed by atoms with Gasteiger partial charge in [-0.25, -0.2) is 0 Å². The maximum absolute atomic E-state index is 12.5. The minimum absolute atomic E-state index is 0.0842. The Morgan fingerprint density at radius 3 is 2.75 bits per heavy atom. The fourth-order valence-electron chi connectivity index (χ4n) is 2.48. The van der Waals surface area contributed by atoms with Crippen molar-refractivity contribution in [1.29, 1.82) is 0 Å². The van der Waals surface area contributed by atoms with Gasteiger partial charge in [0.05, 0.1) is 0 Å². The number of carbonyl (C=O) groups is 1. The summed E-state index contributed by atoms with van der Waals surface area (Å²) in [6.45, 7) is 5.48. The van der Waals surface area contributed by atoms with Crippen molar-refractivity contribution >= 4 is 5.91 Å². The Balaban J connectivity index is 1.99. The molecule has 0 saturated carbocycles. The molecule has 1 unspecified atom stereocenters. The fourth-order valence-corrected chi connectivity index (χ4v) is 2.48. The van der Waals surface area contributed by atoms with E-state index >= 15 is 0 Å². The molecule has 4 nitrogen and oxygen atoms in total. The Bertz CT molecular complexity index is 454. The molecule has 0 aromatic heterocycles. The highest BCUT2D eigenvalue weighted by Gasteiger charge is 2.27. The van der Waals surface area contributed by atoms with E-state index in [0.717, 1.165) is 37.2 Å². The van der Waals surface area contributed by atoms with Crippen molar-refractivity contribution in [3.63, 3.8) is 0 Å². The summed E-state index contributed by atoms with van der Waals surface area (Å²) in [5.41, 5.74) is 7.01. The number of ether oxygens (including phenoxy) is 1. The average molecular weight is 276 g/mol. The van der Waals surface area contributed by atoms with E-state index in [9.17, 15) is 4.79 Å². The molecule has 0 aliphatic carbocycles. The molecule has 0 spiro atoms. The minimum Gasteiger partial charge on any atom is -0.481 e. The van der Waals surface area contributed by atoms with Gasteiger partial charge in [-0.2, -0.15) is 0 Å². The van der Waals surface area contributed by atoms with Crippen molar-refractivity contribution in [2.75, 3.05) is 13.1 Å². The quantitative estimate of drug-likeness (QED) is 0.916. The highest BCUT2D eigenvalue weighted by Crippen LogP contribution is 2.18. The van der Waals surface area contributed by atoms with Crippen LogP contribution in [0, 0.1) is 6.92 Å². The molecule has 2 N–H and O–H groups in total. The van der Waals surface area contributed by atoms with E-state index in [4.69, 9.17) is 10.5 Å². The Morgan fingerprint density at radius 1 is 1.45 bits per heavy atom. The molecule has 1 fully saturated rings. The summed E-state index contributed by atoms with van der Waals surface area (Å²) in [4.78, 5) is 14.4. The molecule has 1 aromatic rings. The third kappa shape index (κ3) is 3.73. The topological polar surface area (TPSA) is 55.6 Å². The van der Waals surface area contributed by atoms with Gasteiger partial charge >= 0.3 is 0 Å². The molecule has 0 bridgehead atoms. The summed E-state index contributed by atoms with van der Waals surface area (Å²) in [5.74, 6) is 0.847. The van der Waals surface area contributed by atoms with E-state index in [1.165, 1.54) is 0 Å². The number of nitrogens with zero attached hydrogens (tertiary/aromatic N) is 1. The molecule has 1 aromatic carbocycles. The normalized spacial score (nSPS) is 17.9. The molecule has 1 amide bonds.